The van der Waals surface area contributed by atoms with E-state index in [1.165, 1.54) is 24.3 Å². The average molecular weight is 304 g/mol. The fourth-order valence-corrected chi connectivity index (χ4v) is 2.04. The minimum Gasteiger partial charge on any atom is -0.505 e. The van der Waals surface area contributed by atoms with Crippen molar-refractivity contribution in [2.75, 3.05) is 5.32 Å². The molecule has 0 fully saturated rings. The molecule has 0 bridgehead atoms. The van der Waals surface area contributed by atoms with Crippen LogP contribution in [0.25, 0.3) is 0 Å². The standard InChI is InChI=1S/C13H9Cl2F2NO/c14-9-4-8(5-10(15)13(9)19)18-6-7-2-1-3-11(16)12(7)17/h1-5,18-19H,6H2. The molecule has 2 aromatic carbocycles. The first kappa shape index (κ1) is 13.9. The molecule has 19 heavy (non-hydrogen) atoms. The Labute approximate surface area is 118 Å². The SMILES string of the molecule is Oc1c(Cl)cc(NCc2cccc(F)c2F)cc1Cl. The van der Waals surface area contributed by atoms with Gasteiger partial charge in [-0.25, -0.2) is 8.78 Å². The highest BCUT2D eigenvalue weighted by Gasteiger charge is 2.09. The van der Waals surface area contributed by atoms with E-state index in [2.05, 4.69) is 5.32 Å². The Balaban J connectivity index is 2.17. The molecule has 100 valence electrons. The lowest BCUT2D eigenvalue weighted by molar-refractivity contribution is 0.476. The molecule has 2 nitrogen and oxygen atoms in total. The molecule has 0 saturated carbocycles. The zero-order valence-electron chi connectivity index (χ0n) is 9.55. The molecule has 0 amide bonds. The summed E-state index contributed by atoms with van der Waals surface area (Å²) in [4.78, 5) is 0. The van der Waals surface area contributed by atoms with Crippen molar-refractivity contribution in [2.45, 2.75) is 6.54 Å². The zero-order valence-corrected chi connectivity index (χ0v) is 11.1. The second-order valence-corrected chi connectivity index (χ2v) is 4.67. The number of phenolic OH excluding ortho intramolecular Hbond substituents is 1. The summed E-state index contributed by atoms with van der Waals surface area (Å²) in [6.45, 7) is 0.0705. The van der Waals surface area contributed by atoms with Crippen LogP contribution in [0.4, 0.5) is 14.5 Å². The molecule has 2 rings (SSSR count). The van der Waals surface area contributed by atoms with Gasteiger partial charge in [0.05, 0.1) is 10.0 Å². The number of hydrogen-bond acceptors (Lipinski definition) is 2. The summed E-state index contributed by atoms with van der Waals surface area (Å²) >= 11 is 11.5. The average Bonchev–Trinajstić information content (AvgIpc) is 2.37. The molecule has 0 aliphatic heterocycles. The molecule has 0 spiro atoms. The van der Waals surface area contributed by atoms with Gasteiger partial charge in [0, 0.05) is 17.8 Å². The number of aromatic hydroxyl groups is 1. The molecule has 0 unspecified atom stereocenters. The second-order valence-electron chi connectivity index (χ2n) is 3.85. The van der Waals surface area contributed by atoms with Gasteiger partial charge in [0.2, 0.25) is 0 Å². The van der Waals surface area contributed by atoms with Gasteiger partial charge in [0.15, 0.2) is 17.4 Å². The number of phenols is 1. The van der Waals surface area contributed by atoms with Crippen LogP contribution in [0.1, 0.15) is 5.56 Å². The van der Waals surface area contributed by atoms with Crippen molar-refractivity contribution in [3.05, 3.63) is 57.6 Å². The van der Waals surface area contributed by atoms with Gasteiger partial charge < -0.3 is 10.4 Å². The quantitative estimate of drug-likeness (QED) is 0.813. The van der Waals surface area contributed by atoms with E-state index < -0.39 is 11.6 Å². The summed E-state index contributed by atoms with van der Waals surface area (Å²) in [5.41, 5.74) is 0.678. The van der Waals surface area contributed by atoms with Crippen LogP contribution in [0.2, 0.25) is 10.0 Å². The summed E-state index contributed by atoms with van der Waals surface area (Å²) in [6.07, 6.45) is 0. The molecule has 6 heteroatoms. The van der Waals surface area contributed by atoms with E-state index in [1.54, 1.807) is 0 Å². The third-order valence-electron chi connectivity index (χ3n) is 2.53. The maximum absolute atomic E-state index is 13.4. The Morgan fingerprint density at radius 1 is 1.11 bits per heavy atom. The third-order valence-corrected chi connectivity index (χ3v) is 3.11. The minimum absolute atomic E-state index is 0.0705. The van der Waals surface area contributed by atoms with E-state index in [1.807, 2.05) is 0 Å². The number of nitrogens with one attached hydrogen (secondary N) is 1. The first-order valence-electron chi connectivity index (χ1n) is 5.34. The fraction of sp³-hybridized carbons (Fsp3) is 0.0769. The molecule has 0 aliphatic rings. The first-order valence-corrected chi connectivity index (χ1v) is 6.09. The fourth-order valence-electron chi connectivity index (χ4n) is 1.55. The lowest BCUT2D eigenvalue weighted by Gasteiger charge is -2.09. The van der Waals surface area contributed by atoms with Crippen molar-refractivity contribution in [3.63, 3.8) is 0 Å². The topological polar surface area (TPSA) is 32.3 Å². The molecule has 2 N–H and O–H groups in total. The van der Waals surface area contributed by atoms with Crippen molar-refractivity contribution in [1.82, 2.24) is 0 Å². The predicted octanol–water partition coefficient (Wildman–Crippen LogP) is 4.59. The maximum Gasteiger partial charge on any atom is 0.163 e. The largest absolute Gasteiger partial charge is 0.505 e. The van der Waals surface area contributed by atoms with Gasteiger partial charge >= 0.3 is 0 Å². The van der Waals surface area contributed by atoms with Crippen LogP contribution in [0.5, 0.6) is 5.75 Å². The molecule has 2 aromatic rings. The van der Waals surface area contributed by atoms with Gasteiger partial charge in [-0.15, -0.1) is 0 Å². The van der Waals surface area contributed by atoms with Crippen LogP contribution in [0, 0.1) is 11.6 Å². The number of halogens is 4. The highest BCUT2D eigenvalue weighted by Crippen LogP contribution is 2.34. The van der Waals surface area contributed by atoms with Crippen molar-refractivity contribution < 1.29 is 13.9 Å². The van der Waals surface area contributed by atoms with Crippen LogP contribution < -0.4 is 5.32 Å². The summed E-state index contributed by atoms with van der Waals surface area (Å²) in [5.74, 6) is -2.02. The summed E-state index contributed by atoms with van der Waals surface area (Å²) < 4.78 is 26.4. The Morgan fingerprint density at radius 2 is 1.74 bits per heavy atom. The summed E-state index contributed by atoms with van der Waals surface area (Å²) in [6, 6.07) is 6.83. The van der Waals surface area contributed by atoms with Crippen molar-refractivity contribution in [1.29, 1.82) is 0 Å². The summed E-state index contributed by atoms with van der Waals surface area (Å²) in [5, 5.41) is 12.4. The van der Waals surface area contributed by atoms with Gasteiger partial charge in [0.25, 0.3) is 0 Å². The van der Waals surface area contributed by atoms with E-state index in [9.17, 15) is 13.9 Å². The molecular weight excluding hydrogens is 295 g/mol. The van der Waals surface area contributed by atoms with E-state index in [-0.39, 0.29) is 27.9 Å². The van der Waals surface area contributed by atoms with Crippen molar-refractivity contribution in [2.24, 2.45) is 0 Å². The Kier molecular flexibility index (Phi) is 4.12. The van der Waals surface area contributed by atoms with E-state index in [4.69, 9.17) is 23.2 Å². The number of anilines is 1. The first-order chi connectivity index (χ1) is 8.99. The predicted molar refractivity (Wildman–Crippen MR) is 71.8 cm³/mol. The lowest BCUT2D eigenvalue weighted by atomic mass is 10.2. The van der Waals surface area contributed by atoms with Gasteiger partial charge in [-0.2, -0.15) is 0 Å². The highest BCUT2D eigenvalue weighted by molar-refractivity contribution is 6.37. The minimum atomic E-state index is -0.902. The Hall–Kier alpha value is -1.52. The number of benzene rings is 2. The van der Waals surface area contributed by atoms with E-state index in [0.717, 1.165) is 6.07 Å². The normalized spacial score (nSPS) is 10.5. The third kappa shape index (κ3) is 3.08. The van der Waals surface area contributed by atoms with Crippen LogP contribution in [0.3, 0.4) is 0 Å². The number of rotatable bonds is 3. The van der Waals surface area contributed by atoms with Gasteiger partial charge in [-0.1, -0.05) is 35.3 Å². The van der Waals surface area contributed by atoms with Crippen LogP contribution >= 0.6 is 23.2 Å². The smallest absolute Gasteiger partial charge is 0.163 e. The van der Waals surface area contributed by atoms with E-state index in [0.29, 0.717) is 5.69 Å². The Morgan fingerprint density at radius 3 is 2.37 bits per heavy atom. The van der Waals surface area contributed by atoms with Gasteiger partial charge in [-0.3, -0.25) is 0 Å². The Bertz CT molecular complexity index is 597. The molecule has 0 radical (unpaired) electrons. The second kappa shape index (κ2) is 5.63. The molecular formula is C13H9Cl2F2NO. The van der Waals surface area contributed by atoms with Gasteiger partial charge in [0.1, 0.15) is 0 Å². The van der Waals surface area contributed by atoms with Crippen LogP contribution in [-0.4, -0.2) is 5.11 Å². The zero-order chi connectivity index (χ0) is 14.0. The van der Waals surface area contributed by atoms with Crippen molar-refractivity contribution >= 4 is 28.9 Å². The van der Waals surface area contributed by atoms with Crippen LogP contribution in [0.15, 0.2) is 30.3 Å². The monoisotopic (exact) mass is 303 g/mol. The number of hydrogen-bond donors (Lipinski definition) is 2. The summed E-state index contributed by atoms with van der Waals surface area (Å²) in [7, 11) is 0. The van der Waals surface area contributed by atoms with Gasteiger partial charge in [-0.05, 0) is 18.2 Å². The lowest BCUT2D eigenvalue weighted by Crippen LogP contribution is -2.03. The van der Waals surface area contributed by atoms with Crippen LogP contribution in [-0.2, 0) is 6.54 Å². The van der Waals surface area contributed by atoms with Crippen molar-refractivity contribution in [3.8, 4) is 5.75 Å². The maximum atomic E-state index is 13.4. The molecule has 0 aromatic heterocycles. The molecule has 0 atom stereocenters. The molecule has 0 heterocycles. The molecule has 0 saturated heterocycles. The molecule has 0 aliphatic carbocycles. The highest BCUT2D eigenvalue weighted by atomic mass is 35.5. The van der Waals surface area contributed by atoms with E-state index >= 15 is 0 Å².